The second kappa shape index (κ2) is 1.78. The molecule has 0 aromatic carbocycles. The Morgan fingerprint density at radius 1 is 1.57 bits per heavy atom. The molecule has 0 bridgehead atoms. The molecule has 0 radical (unpaired) electrons. The van der Waals surface area contributed by atoms with Gasteiger partial charge in [-0.1, -0.05) is 0 Å². The summed E-state index contributed by atoms with van der Waals surface area (Å²) in [4.78, 5) is 7.67. The minimum atomic E-state index is -4.56. The Kier molecular flexibility index (Phi) is 1.75. The van der Waals surface area contributed by atoms with Crippen LogP contribution in [0.15, 0.2) is 0 Å². The predicted molar refractivity (Wildman–Crippen MR) is 22.4 cm³/mol. The number of rotatable bonds is 0. The zero-order chi connectivity index (χ0) is 6.08. The molecule has 0 spiro atoms. The molecule has 42 valence electrons. The maximum absolute atomic E-state index is 9.42. The van der Waals surface area contributed by atoms with E-state index in [0.717, 1.165) is 0 Å². The molecular weight excluding hydrogens is 141 g/mol. The molecule has 0 rings (SSSR count). The Morgan fingerprint density at radius 3 is 1.71 bits per heavy atom. The summed E-state index contributed by atoms with van der Waals surface area (Å²) in [6, 6.07) is 0. The second-order valence-electron chi connectivity index (χ2n) is 0.701. The van der Waals surface area contributed by atoms with E-state index >= 15 is 0 Å². The SMILES string of the molecule is N#P(O)S(=O)(=O)O. The summed E-state index contributed by atoms with van der Waals surface area (Å²) in [6.45, 7) is -3.21. The molecule has 0 aliphatic carbocycles. The molecule has 0 aromatic heterocycles. The lowest BCUT2D eigenvalue weighted by Gasteiger charge is -1.77. The molecular formula is H2NO4PS. The average Bonchev–Trinajstić information content (AvgIpc) is 1.31. The minimum absolute atomic E-state index is 3.21. The summed E-state index contributed by atoms with van der Waals surface area (Å²) >= 11 is 0. The van der Waals surface area contributed by atoms with Gasteiger partial charge in [0.1, 0.15) is 0 Å². The topological polar surface area (TPSA) is 98.4 Å². The summed E-state index contributed by atoms with van der Waals surface area (Å²) in [5.74, 6) is 0. The monoisotopic (exact) mass is 143 g/mol. The van der Waals surface area contributed by atoms with Gasteiger partial charge in [0.2, 0.25) is 0 Å². The fraction of sp³-hybridized carbons (Fsp3) is 0. The number of hydrogen-bond donors (Lipinski definition) is 2. The maximum Gasteiger partial charge on any atom is 0.358 e. The van der Waals surface area contributed by atoms with Crippen molar-refractivity contribution in [2.75, 3.05) is 0 Å². The lowest BCUT2D eigenvalue weighted by atomic mass is 14.0. The average molecular weight is 143 g/mol. The molecule has 7 heteroatoms. The lowest BCUT2D eigenvalue weighted by molar-refractivity contribution is 0.495. The highest BCUT2D eigenvalue weighted by atomic mass is 32.8. The Balaban J connectivity index is 4.56. The first kappa shape index (κ1) is 6.88. The summed E-state index contributed by atoms with van der Waals surface area (Å²) in [6.07, 6.45) is 0. The van der Waals surface area contributed by atoms with E-state index in [1.54, 1.807) is 0 Å². The van der Waals surface area contributed by atoms with Crippen LogP contribution in [0.25, 0.3) is 0 Å². The summed E-state index contributed by atoms with van der Waals surface area (Å²) < 4.78 is 26.4. The van der Waals surface area contributed by atoms with Gasteiger partial charge >= 0.3 is 16.7 Å². The largest absolute Gasteiger partial charge is 0.358 e. The fourth-order valence-corrected chi connectivity index (χ4v) is 0. The zero-order valence-electron chi connectivity index (χ0n) is 3.01. The highest BCUT2D eigenvalue weighted by Gasteiger charge is 2.08. The van der Waals surface area contributed by atoms with Crippen molar-refractivity contribution in [1.29, 1.82) is 5.00 Å². The van der Waals surface area contributed by atoms with Gasteiger partial charge in [-0.05, 0) is 0 Å². The second-order valence-corrected chi connectivity index (χ2v) is 4.47. The normalized spacial score (nSPS) is 13.6. The summed E-state index contributed by atoms with van der Waals surface area (Å²) in [7, 11) is -4.56. The predicted octanol–water partition coefficient (Wildman–Crippen LogP) is -0.342. The summed E-state index contributed by atoms with van der Waals surface area (Å²) in [5.41, 5.74) is 0. The van der Waals surface area contributed by atoms with Crippen molar-refractivity contribution in [1.82, 2.24) is 0 Å². The fourth-order valence-electron chi connectivity index (χ4n) is 0. The minimum Gasteiger partial charge on any atom is -0.311 e. The smallest absolute Gasteiger partial charge is 0.311 e. The van der Waals surface area contributed by atoms with Gasteiger partial charge in [0.25, 0.3) is 0 Å². The van der Waals surface area contributed by atoms with E-state index in [2.05, 4.69) is 0 Å². The molecule has 0 saturated carbocycles. The van der Waals surface area contributed by atoms with Crippen LogP contribution in [0.4, 0.5) is 0 Å². The molecule has 0 aliphatic rings. The van der Waals surface area contributed by atoms with Crippen molar-refractivity contribution in [2.24, 2.45) is 0 Å². The zero-order valence-corrected chi connectivity index (χ0v) is 4.72. The molecule has 2 N–H and O–H groups in total. The van der Waals surface area contributed by atoms with Crippen molar-refractivity contribution < 1.29 is 17.9 Å². The molecule has 0 fully saturated rings. The van der Waals surface area contributed by atoms with E-state index in [-0.39, 0.29) is 0 Å². The highest BCUT2D eigenvalue weighted by Crippen LogP contribution is 2.16. The Labute approximate surface area is 40.5 Å². The first-order chi connectivity index (χ1) is 2.94. The first-order valence-electron chi connectivity index (χ1n) is 1.10. The van der Waals surface area contributed by atoms with Gasteiger partial charge in [-0.3, -0.25) is 4.55 Å². The van der Waals surface area contributed by atoms with E-state index in [1.165, 1.54) is 0 Å². The van der Waals surface area contributed by atoms with Gasteiger partial charge in [0.05, 0.1) is 0 Å². The van der Waals surface area contributed by atoms with Crippen LogP contribution in [-0.4, -0.2) is 17.9 Å². The standard InChI is InChI=1S/H2NO4PS/c1-6(2)7(3,4)5/h2H,(H,3,4,5). The third kappa shape index (κ3) is 2.56. The number of hydrogen-bond acceptors (Lipinski definition) is 4. The Hall–Kier alpha value is -0.120. The van der Waals surface area contributed by atoms with Gasteiger partial charge in [-0.15, -0.1) is 0 Å². The van der Waals surface area contributed by atoms with E-state index in [1.807, 2.05) is 0 Å². The molecule has 0 amide bonds. The van der Waals surface area contributed by atoms with Crippen LogP contribution >= 0.6 is 6.99 Å². The van der Waals surface area contributed by atoms with Crippen LogP contribution in [0.1, 0.15) is 0 Å². The molecule has 0 aromatic rings. The van der Waals surface area contributed by atoms with Crippen LogP contribution in [-0.2, 0) is 9.74 Å². The molecule has 0 aliphatic heterocycles. The maximum atomic E-state index is 9.42. The molecule has 0 heterocycles. The first-order valence-corrected chi connectivity index (χ1v) is 4.39. The molecule has 1 unspecified atom stereocenters. The van der Waals surface area contributed by atoms with E-state index in [4.69, 9.17) is 14.4 Å². The highest BCUT2D eigenvalue weighted by molar-refractivity contribution is 8.40. The molecule has 5 nitrogen and oxygen atoms in total. The summed E-state index contributed by atoms with van der Waals surface area (Å²) in [5, 5.41) is 7.67. The van der Waals surface area contributed by atoms with Crippen molar-refractivity contribution in [3.63, 3.8) is 0 Å². The molecule has 0 saturated heterocycles. The third-order valence-corrected chi connectivity index (χ3v) is 1.86. The van der Waals surface area contributed by atoms with Crippen molar-refractivity contribution in [3.05, 3.63) is 0 Å². The van der Waals surface area contributed by atoms with Crippen molar-refractivity contribution in [3.8, 4) is 0 Å². The quantitative estimate of drug-likeness (QED) is 0.357. The van der Waals surface area contributed by atoms with E-state index in [0.29, 0.717) is 0 Å². The molecule has 7 heavy (non-hydrogen) atoms. The number of nitrogens with zero attached hydrogens (tertiary/aromatic N) is 1. The van der Waals surface area contributed by atoms with Gasteiger partial charge in [-0.25, -0.2) is 0 Å². The molecule has 1 atom stereocenters. The van der Waals surface area contributed by atoms with Gasteiger partial charge in [0.15, 0.2) is 0 Å². The lowest BCUT2D eigenvalue weighted by Crippen LogP contribution is -1.84. The van der Waals surface area contributed by atoms with Crippen LogP contribution in [0, 0.1) is 5.00 Å². The van der Waals surface area contributed by atoms with Crippen LogP contribution in [0.5, 0.6) is 0 Å². The van der Waals surface area contributed by atoms with Crippen LogP contribution in [0.3, 0.4) is 0 Å². The van der Waals surface area contributed by atoms with E-state index in [9.17, 15) is 8.42 Å². The van der Waals surface area contributed by atoms with Crippen molar-refractivity contribution in [2.45, 2.75) is 0 Å². The Morgan fingerprint density at radius 2 is 1.71 bits per heavy atom. The van der Waals surface area contributed by atoms with Gasteiger partial charge in [0, 0.05) is 0 Å². The van der Waals surface area contributed by atoms with E-state index < -0.39 is 16.7 Å². The van der Waals surface area contributed by atoms with Crippen LogP contribution in [0.2, 0.25) is 0 Å². The van der Waals surface area contributed by atoms with Crippen LogP contribution < -0.4 is 0 Å². The van der Waals surface area contributed by atoms with Crippen molar-refractivity contribution >= 4 is 16.7 Å². The van der Waals surface area contributed by atoms with Gasteiger partial charge < -0.3 is 4.89 Å². The third-order valence-electron chi connectivity index (χ3n) is 0.206. The Bertz CT molecular complexity index is 204. The van der Waals surface area contributed by atoms with Gasteiger partial charge in [-0.2, -0.15) is 13.4 Å².